The van der Waals surface area contributed by atoms with Gasteiger partial charge in [-0.25, -0.2) is 4.79 Å². The fraction of sp³-hybridized carbons (Fsp3) is 0.300. The molecule has 0 bridgehead atoms. The predicted octanol–water partition coefficient (Wildman–Crippen LogP) is 1.18. The molecule has 0 atom stereocenters. The molecule has 0 saturated carbocycles. The van der Waals surface area contributed by atoms with Crippen LogP contribution in [-0.2, 0) is 0 Å². The van der Waals surface area contributed by atoms with Crippen molar-refractivity contribution in [3.8, 4) is 0 Å². The van der Waals surface area contributed by atoms with E-state index in [0.29, 0.717) is 13.0 Å². The molecule has 0 aliphatic rings. The van der Waals surface area contributed by atoms with Gasteiger partial charge in [0.25, 0.3) is 0 Å². The molecule has 0 aliphatic carbocycles. The van der Waals surface area contributed by atoms with Crippen molar-refractivity contribution >= 4 is 11.7 Å². The maximum atomic E-state index is 10.6. The molecular weight excluding hydrogens is 182 g/mol. The Balaban J connectivity index is 2.59. The number of carboxylic acid groups (broad SMARTS) is 1. The van der Waals surface area contributed by atoms with Gasteiger partial charge >= 0.3 is 5.97 Å². The minimum absolute atomic E-state index is 0.131. The van der Waals surface area contributed by atoms with E-state index < -0.39 is 5.97 Å². The Hall–Kier alpha value is -1.55. The summed E-state index contributed by atoms with van der Waals surface area (Å²) in [6.07, 6.45) is 0.650. The Kier molecular flexibility index (Phi) is 3.94. The van der Waals surface area contributed by atoms with Gasteiger partial charge in [0.15, 0.2) is 0 Å². The van der Waals surface area contributed by atoms with E-state index >= 15 is 0 Å². The third kappa shape index (κ3) is 3.06. The van der Waals surface area contributed by atoms with E-state index in [0.717, 1.165) is 5.69 Å². The number of carboxylic acids is 1. The minimum Gasteiger partial charge on any atom is -0.478 e. The number of carbonyl (C=O) groups is 1. The average Bonchev–Trinajstić information content (AvgIpc) is 2.19. The predicted molar refractivity (Wildman–Crippen MR) is 53.6 cm³/mol. The molecule has 1 rings (SSSR count). The minimum atomic E-state index is -0.934. The number of hydrogen-bond acceptors (Lipinski definition) is 3. The molecule has 0 spiro atoms. The van der Waals surface area contributed by atoms with E-state index in [1.165, 1.54) is 0 Å². The van der Waals surface area contributed by atoms with Gasteiger partial charge in [-0.3, -0.25) is 0 Å². The van der Waals surface area contributed by atoms with Crippen LogP contribution in [0.1, 0.15) is 16.8 Å². The SMILES string of the molecule is O=C(O)c1cccc(NCCCO)c1. The number of aliphatic hydroxyl groups excluding tert-OH is 1. The van der Waals surface area contributed by atoms with E-state index in [2.05, 4.69) is 5.32 Å². The zero-order valence-corrected chi connectivity index (χ0v) is 7.73. The molecule has 0 fully saturated rings. The third-order valence-electron chi connectivity index (χ3n) is 1.77. The lowest BCUT2D eigenvalue weighted by Gasteiger charge is -2.05. The molecule has 0 amide bonds. The van der Waals surface area contributed by atoms with E-state index in [1.54, 1.807) is 24.3 Å². The summed E-state index contributed by atoms with van der Waals surface area (Å²) >= 11 is 0. The number of aromatic carboxylic acids is 1. The highest BCUT2D eigenvalue weighted by Gasteiger charge is 2.01. The molecule has 1 aromatic carbocycles. The molecule has 3 N–H and O–H groups in total. The number of anilines is 1. The molecule has 0 heterocycles. The van der Waals surface area contributed by atoms with Crippen LogP contribution in [0.25, 0.3) is 0 Å². The molecule has 4 nitrogen and oxygen atoms in total. The Morgan fingerprint density at radius 1 is 1.43 bits per heavy atom. The molecule has 1 aromatic rings. The van der Waals surface area contributed by atoms with Crippen molar-refractivity contribution in [3.63, 3.8) is 0 Å². The first-order chi connectivity index (χ1) is 6.74. The van der Waals surface area contributed by atoms with Crippen LogP contribution in [0.15, 0.2) is 24.3 Å². The molecular formula is C10H13NO3. The van der Waals surface area contributed by atoms with E-state index in [-0.39, 0.29) is 12.2 Å². The van der Waals surface area contributed by atoms with Crippen LogP contribution in [0.2, 0.25) is 0 Å². The first kappa shape index (κ1) is 10.5. The lowest BCUT2D eigenvalue weighted by atomic mass is 10.2. The monoisotopic (exact) mass is 195 g/mol. The van der Waals surface area contributed by atoms with Gasteiger partial charge in [0.2, 0.25) is 0 Å². The summed E-state index contributed by atoms with van der Waals surface area (Å²) in [6, 6.07) is 6.59. The highest BCUT2D eigenvalue weighted by molar-refractivity contribution is 5.88. The number of aliphatic hydroxyl groups is 1. The van der Waals surface area contributed by atoms with Crippen molar-refractivity contribution in [3.05, 3.63) is 29.8 Å². The summed E-state index contributed by atoms with van der Waals surface area (Å²) in [7, 11) is 0. The van der Waals surface area contributed by atoms with Crippen LogP contribution in [0, 0.1) is 0 Å². The second kappa shape index (κ2) is 5.24. The summed E-state index contributed by atoms with van der Waals surface area (Å²) < 4.78 is 0. The number of nitrogens with one attached hydrogen (secondary N) is 1. The summed E-state index contributed by atoms with van der Waals surface area (Å²) in [5, 5.41) is 20.3. The fourth-order valence-electron chi connectivity index (χ4n) is 1.07. The van der Waals surface area contributed by atoms with Gasteiger partial charge in [-0.05, 0) is 24.6 Å². The lowest BCUT2D eigenvalue weighted by molar-refractivity contribution is 0.0697. The van der Waals surface area contributed by atoms with Crippen molar-refractivity contribution in [2.24, 2.45) is 0 Å². The Morgan fingerprint density at radius 2 is 2.21 bits per heavy atom. The van der Waals surface area contributed by atoms with Gasteiger partial charge in [-0.2, -0.15) is 0 Å². The number of hydrogen-bond donors (Lipinski definition) is 3. The van der Waals surface area contributed by atoms with Crippen molar-refractivity contribution in [1.82, 2.24) is 0 Å². The molecule has 4 heteroatoms. The summed E-state index contributed by atoms with van der Waals surface area (Å²) in [5.41, 5.74) is 1.03. The second-order valence-corrected chi connectivity index (χ2v) is 2.89. The standard InChI is InChI=1S/C10H13NO3/c12-6-2-5-11-9-4-1-3-8(7-9)10(13)14/h1,3-4,7,11-12H,2,5-6H2,(H,13,14). The van der Waals surface area contributed by atoms with E-state index in [1.807, 2.05) is 0 Å². The molecule has 0 radical (unpaired) electrons. The summed E-state index contributed by atoms with van der Waals surface area (Å²) in [4.78, 5) is 10.6. The van der Waals surface area contributed by atoms with Gasteiger partial charge in [0.1, 0.15) is 0 Å². The van der Waals surface area contributed by atoms with Gasteiger partial charge in [0, 0.05) is 18.8 Å². The summed E-state index contributed by atoms with van der Waals surface area (Å²) in [6.45, 7) is 0.769. The lowest BCUT2D eigenvalue weighted by Crippen LogP contribution is -2.04. The van der Waals surface area contributed by atoms with E-state index in [4.69, 9.17) is 10.2 Å². The van der Waals surface area contributed by atoms with Crippen molar-refractivity contribution in [2.75, 3.05) is 18.5 Å². The maximum absolute atomic E-state index is 10.6. The molecule has 0 saturated heterocycles. The van der Waals surface area contributed by atoms with E-state index in [9.17, 15) is 4.79 Å². The van der Waals surface area contributed by atoms with Crippen molar-refractivity contribution in [1.29, 1.82) is 0 Å². The fourth-order valence-corrected chi connectivity index (χ4v) is 1.07. The smallest absolute Gasteiger partial charge is 0.335 e. The second-order valence-electron chi connectivity index (χ2n) is 2.89. The first-order valence-electron chi connectivity index (χ1n) is 4.42. The van der Waals surface area contributed by atoms with Gasteiger partial charge < -0.3 is 15.5 Å². The molecule has 0 aromatic heterocycles. The highest BCUT2D eigenvalue weighted by Crippen LogP contribution is 2.10. The zero-order chi connectivity index (χ0) is 10.4. The van der Waals surface area contributed by atoms with Gasteiger partial charge in [-0.1, -0.05) is 6.07 Å². The van der Waals surface area contributed by atoms with Crippen LogP contribution in [0.4, 0.5) is 5.69 Å². The normalized spacial score (nSPS) is 9.79. The topological polar surface area (TPSA) is 69.6 Å². The first-order valence-corrected chi connectivity index (χ1v) is 4.42. The average molecular weight is 195 g/mol. The van der Waals surface area contributed by atoms with Crippen LogP contribution < -0.4 is 5.32 Å². The van der Waals surface area contributed by atoms with Crippen LogP contribution in [-0.4, -0.2) is 29.3 Å². The molecule has 14 heavy (non-hydrogen) atoms. The van der Waals surface area contributed by atoms with Crippen LogP contribution in [0.3, 0.4) is 0 Å². The Morgan fingerprint density at radius 3 is 2.86 bits per heavy atom. The molecule has 0 unspecified atom stereocenters. The zero-order valence-electron chi connectivity index (χ0n) is 7.73. The Bertz CT molecular complexity index is 312. The van der Waals surface area contributed by atoms with Crippen molar-refractivity contribution < 1.29 is 15.0 Å². The quantitative estimate of drug-likeness (QED) is 0.617. The van der Waals surface area contributed by atoms with Crippen LogP contribution in [0.5, 0.6) is 0 Å². The van der Waals surface area contributed by atoms with Gasteiger partial charge in [0.05, 0.1) is 5.56 Å². The number of benzene rings is 1. The van der Waals surface area contributed by atoms with Gasteiger partial charge in [-0.15, -0.1) is 0 Å². The third-order valence-corrected chi connectivity index (χ3v) is 1.77. The summed E-state index contributed by atoms with van der Waals surface area (Å²) in [5.74, 6) is -0.934. The maximum Gasteiger partial charge on any atom is 0.335 e. The molecule has 76 valence electrons. The highest BCUT2D eigenvalue weighted by atomic mass is 16.4. The largest absolute Gasteiger partial charge is 0.478 e. The Labute approximate surface area is 82.2 Å². The molecule has 0 aliphatic heterocycles. The number of rotatable bonds is 5. The van der Waals surface area contributed by atoms with Crippen molar-refractivity contribution in [2.45, 2.75) is 6.42 Å². The van der Waals surface area contributed by atoms with Crippen LogP contribution >= 0.6 is 0 Å².